The van der Waals surface area contributed by atoms with Crippen LogP contribution in [0.4, 0.5) is 0 Å². The highest BCUT2D eigenvalue weighted by molar-refractivity contribution is 7.94. The van der Waals surface area contributed by atoms with Gasteiger partial charge in [0.05, 0.1) is 19.3 Å². The minimum Gasteiger partial charge on any atom is -0.394 e. The van der Waals surface area contributed by atoms with Crippen molar-refractivity contribution in [3.63, 3.8) is 0 Å². The molecular weight excluding hydrogens is 164 g/mol. The quantitative estimate of drug-likeness (QED) is 0.449. The van der Waals surface area contributed by atoms with Gasteiger partial charge in [-0.15, -0.1) is 0 Å². The molecule has 0 spiro atoms. The van der Waals surface area contributed by atoms with Crippen molar-refractivity contribution in [1.82, 2.24) is 0 Å². The summed E-state index contributed by atoms with van der Waals surface area (Å²) in [7, 11) is 0. The van der Waals surface area contributed by atoms with Crippen molar-refractivity contribution in [1.29, 1.82) is 0 Å². The Morgan fingerprint density at radius 2 is 2.27 bits per heavy atom. The van der Waals surface area contributed by atoms with Gasteiger partial charge in [0.2, 0.25) is 0 Å². The molecule has 0 aliphatic heterocycles. The molecule has 0 aliphatic carbocycles. The molecule has 0 aromatic rings. The Kier molecular flexibility index (Phi) is 8.50. The molecule has 0 aromatic heterocycles. The maximum absolute atomic E-state index is 8.86. The number of hydrogen-bond donors (Lipinski definition) is 2. The van der Waals surface area contributed by atoms with Crippen molar-refractivity contribution in [2.45, 2.75) is 25.9 Å². The van der Waals surface area contributed by atoms with Gasteiger partial charge >= 0.3 is 0 Å². The first kappa shape index (κ1) is 11.2. The van der Waals surface area contributed by atoms with Gasteiger partial charge in [-0.2, -0.15) is 0 Å². The molecule has 0 fully saturated rings. The first-order valence-corrected chi connectivity index (χ1v) is 4.75. The molecule has 2 N–H and O–H groups in total. The number of hydrogen-bond acceptors (Lipinski definition) is 4. The van der Waals surface area contributed by atoms with Crippen molar-refractivity contribution >= 4 is 12.0 Å². The summed E-state index contributed by atoms with van der Waals surface area (Å²) in [6.45, 7) is 2.63. The lowest BCUT2D eigenvalue weighted by Crippen LogP contribution is -2.14. The summed E-state index contributed by atoms with van der Waals surface area (Å²) in [5, 5.41) is 17.3. The first-order valence-electron chi connectivity index (χ1n) is 3.84. The highest BCUT2D eigenvalue weighted by Crippen LogP contribution is 2.05. The molecule has 0 bridgehead atoms. The van der Waals surface area contributed by atoms with Crippen LogP contribution in [0.3, 0.4) is 0 Å². The predicted octanol–water partition coefficient (Wildman–Crippen LogP) is 0.804. The molecule has 3 nitrogen and oxygen atoms in total. The van der Waals surface area contributed by atoms with Crippen LogP contribution in [-0.2, 0) is 4.18 Å². The van der Waals surface area contributed by atoms with Crippen LogP contribution >= 0.6 is 12.0 Å². The fourth-order valence-electron chi connectivity index (χ4n) is 0.442. The summed E-state index contributed by atoms with van der Waals surface area (Å²) in [4.78, 5) is 0. The van der Waals surface area contributed by atoms with Crippen molar-refractivity contribution in [2.75, 3.05) is 19.0 Å². The molecule has 0 saturated carbocycles. The van der Waals surface area contributed by atoms with Gasteiger partial charge in [-0.05, 0) is 18.5 Å². The zero-order valence-electron chi connectivity index (χ0n) is 6.82. The molecule has 1 unspecified atom stereocenters. The van der Waals surface area contributed by atoms with E-state index in [0.717, 1.165) is 19.4 Å². The van der Waals surface area contributed by atoms with Crippen molar-refractivity contribution < 1.29 is 14.4 Å². The van der Waals surface area contributed by atoms with Gasteiger partial charge < -0.3 is 14.4 Å². The summed E-state index contributed by atoms with van der Waals surface area (Å²) in [6.07, 6.45) is 1.51. The van der Waals surface area contributed by atoms with Gasteiger partial charge in [0, 0.05) is 5.75 Å². The fourth-order valence-corrected chi connectivity index (χ4v) is 1.04. The van der Waals surface area contributed by atoms with Crippen molar-refractivity contribution in [3.8, 4) is 0 Å². The van der Waals surface area contributed by atoms with Crippen LogP contribution in [0.1, 0.15) is 19.8 Å². The molecule has 11 heavy (non-hydrogen) atoms. The average Bonchev–Trinajstić information content (AvgIpc) is 2.04. The van der Waals surface area contributed by atoms with Crippen molar-refractivity contribution in [3.05, 3.63) is 0 Å². The summed E-state index contributed by atoms with van der Waals surface area (Å²) in [5.74, 6) is 0.445. The fraction of sp³-hybridized carbons (Fsp3) is 1.00. The third-order valence-corrected chi connectivity index (χ3v) is 1.99. The number of aliphatic hydroxyl groups is 2. The van der Waals surface area contributed by atoms with Crippen LogP contribution in [0, 0.1) is 0 Å². The highest BCUT2D eigenvalue weighted by atomic mass is 32.2. The van der Waals surface area contributed by atoms with Gasteiger partial charge in [-0.3, -0.25) is 0 Å². The van der Waals surface area contributed by atoms with Gasteiger partial charge in [-0.1, -0.05) is 13.3 Å². The van der Waals surface area contributed by atoms with E-state index < -0.39 is 6.10 Å². The van der Waals surface area contributed by atoms with Crippen LogP contribution in [0.2, 0.25) is 0 Å². The lowest BCUT2D eigenvalue weighted by Gasteiger charge is -2.05. The second-order valence-electron chi connectivity index (χ2n) is 2.30. The second kappa shape index (κ2) is 8.33. The summed E-state index contributed by atoms with van der Waals surface area (Å²) < 4.78 is 5.09. The van der Waals surface area contributed by atoms with Crippen LogP contribution < -0.4 is 0 Å². The monoisotopic (exact) mass is 180 g/mol. The first-order chi connectivity index (χ1) is 5.31. The Hall–Kier alpha value is 0.230. The maximum Gasteiger partial charge on any atom is 0.0883 e. The Labute approximate surface area is 72.0 Å². The summed E-state index contributed by atoms with van der Waals surface area (Å²) in [5.41, 5.74) is 0. The highest BCUT2D eigenvalue weighted by Gasteiger charge is 2.00. The van der Waals surface area contributed by atoms with E-state index in [4.69, 9.17) is 14.4 Å². The molecule has 0 aromatic carbocycles. The SMILES string of the molecule is CCCCOSCC(O)CO. The zero-order chi connectivity index (χ0) is 8.53. The van der Waals surface area contributed by atoms with Crippen LogP contribution in [0.25, 0.3) is 0 Å². The standard InChI is InChI=1S/C7H16O3S/c1-2-3-4-10-11-6-7(9)5-8/h7-9H,2-6H2,1H3. The second-order valence-corrected chi connectivity index (χ2v) is 3.10. The minimum atomic E-state index is -0.651. The molecule has 0 heterocycles. The van der Waals surface area contributed by atoms with E-state index in [2.05, 4.69) is 6.92 Å². The van der Waals surface area contributed by atoms with Crippen molar-refractivity contribution in [2.24, 2.45) is 0 Å². The Bertz CT molecular complexity index is 80.1. The molecular formula is C7H16O3S. The lowest BCUT2D eigenvalue weighted by atomic mass is 10.4. The summed E-state index contributed by atoms with van der Waals surface area (Å²) >= 11 is 1.22. The Morgan fingerprint density at radius 3 is 2.82 bits per heavy atom. The number of unbranched alkanes of at least 4 members (excludes halogenated alkanes) is 1. The molecule has 0 aliphatic rings. The molecule has 0 amide bonds. The lowest BCUT2D eigenvalue weighted by molar-refractivity contribution is 0.112. The molecule has 4 heteroatoms. The van der Waals surface area contributed by atoms with E-state index in [1.165, 1.54) is 12.0 Å². The van der Waals surface area contributed by atoms with E-state index in [9.17, 15) is 0 Å². The zero-order valence-corrected chi connectivity index (χ0v) is 7.64. The van der Waals surface area contributed by atoms with Gasteiger partial charge in [-0.25, -0.2) is 0 Å². The Morgan fingerprint density at radius 1 is 1.55 bits per heavy atom. The van der Waals surface area contributed by atoms with Crippen LogP contribution in [0.15, 0.2) is 0 Å². The third-order valence-electron chi connectivity index (χ3n) is 1.14. The molecule has 0 saturated heterocycles. The van der Waals surface area contributed by atoms with Gasteiger partial charge in [0.1, 0.15) is 0 Å². The van der Waals surface area contributed by atoms with Crippen LogP contribution in [-0.4, -0.2) is 35.3 Å². The van der Waals surface area contributed by atoms with Crippen LogP contribution in [0.5, 0.6) is 0 Å². The molecule has 0 rings (SSSR count). The smallest absolute Gasteiger partial charge is 0.0883 e. The molecule has 0 radical (unpaired) electrons. The van der Waals surface area contributed by atoms with E-state index in [1.807, 2.05) is 0 Å². The van der Waals surface area contributed by atoms with E-state index in [0.29, 0.717) is 5.75 Å². The molecule has 1 atom stereocenters. The number of rotatable bonds is 7. The third kappa shape index (κ3) is 8.13. The predicted molar refractivity (Wildman–Crippen MR) is 46.4 cm³/mol. The maximum atomic E-state index is 8.86. The normalized spacial score (nSPS) is 13.4. The minimum absolute atomic E-state index is 0.190. The average molecular weight is 180 g/mol. The topological polar surface area (TPSA) is 49.7 Å². The Balaban J connectivity index is 2.89. The summed E-state index contributed by atoms with van der Waals surface area (Å²) in [6, 6.07) is 0. The van der Waals surface area contributed by atoms with E-state index in [1.54, 1.807) is 0 Å². The van der Waals surface area contributed by atoms with E-state index >= 15 is 0 Å². The van der Waals surface area contributed by atoms with Gasteiger partial charge in [0.25, 0.3) is 0 Å². The largest absolute Gasteiger partial charge is 0.394 e. The van der Waals surface area contributed by atoms with Gasteiger partial charge in [0.15, 0.2) is 0 Å². The molecule has 68 valence electrons. The number of aliphatic hydroxyl groups excluding tert-OH is 2. The van der Waals surface area contributed by atoms with E-state index in [-0.39, 0.29) is 6.61 Å².